The first-order valence-electron chi connectivity index (χ1n) is 14.7. The second-order valence-corrected chi connectivity index (χ2v) is 12.2. The molecule has 47 heavy (non-hydrogen) atoms. The Bertz CT molecular complexity index is 1840. The van der Waals surface area contributed by atoms with Crippen molar-refractivity contribution < 1.29 is 31.7 Å². The monoisotopic (exact) mass is 658 g/mol. The van der Waals surface area contributed by atoms with Crippen LogP contribution in [0.15, 0.2) is 29.2 Å². The number of nitrogens with one attached hydrogen (secondary N) is 3. The predicted molar refractivity (Wildman–Crippen MR) is 163 cm³/mol. The molecule has 0 unspecified atom stereocenters. The number of anilines is 2. The quantitative estimate of drug-likeness (QED) is 0.190. The fourth-order valence-corrected chi connectivity index (χ4v) is 5.09. The van der Waals surface area contributed by atoms with Gasteiger partial charge in [0.1, 0.15) is 11.9 Å². The average Bonchev–Trinajstić information content (AvgIpc) is 3.72. The molecular formula is C30H34F4N10O3. The van der Waals surface area contributed by atoms with E-state index in [0.29, 0.717) is 18.5 Å². The molecule has 1 aliphatic rings. The zero-order valence-corrected chi connectivity index (χ0v) is 26.4. The number of carbonyl (C=O) groups is 2. The van der Waals surface area contributed by atoms with Crippen LogP contribution in [-0.4, -0.2) is 84.5 Å². The molecule has 0 aromatic carbocycles. The highest BCUT2D eigenvalue weighted by molar-refractivity contribution is 6.04. The molecule has 1 saturated heterocycles. The molecule has 1 fully saturated rings. The van der Waals surface area contributed by atoms with Crippen LogP contribution in [0.25, 0.3) is 17.2 Å². The highest BCUT2D eigenvalue weighted by atomic mass is 19.4. The van der Waals surface area contributed by atoms with Crippen LogP contribution >= 0.6 is 0 Å². The molecule has 250 valence electrons. The van der Waals surface area contributed by atoms with Gasteiger partial charge >= 0.3 is 6.18 Å². The molecule has 0 aliphatic carbocycles. The second kappa shape index (κ2) is 13.0. The smallest absolute Gasteiger partial charge is 0.376 e. The number of aromatic nitrogens is 6. The molecule has 2 amide bonds. The Morgan fingerprint density at radius 3 is 2.60 bits per heavy atom. The van der Waals surface area contributed by atoms with E-state index >= 15 is 4.39 Å². The minimum atomic E-state index is -4.68. The Hall–Kier alpha value is -4.98. The van der Waals surface area contributed by atoms with E-state index in [9.17, 15) is 22.8 Å². The van der Waals surface area contributed by atoms with E-state index in [4.69, 9.17) is 4.52 Å². The van der Waals surface area contributed by atoms with Gasteiger partial charge in [-0.25, -0.2) is 9.37 Å². The van der Waals surface area contributed by atoms with E-state index < -0.39 is 36.6 Å². The van der Waals surface area contributed by atoms with Gasteiger partial charge in [0.05, 0.1) is 53.4 Å². The summed E-state index contributed by atoms with van der Waals surface area (Å²) in [5.41, 5.74) is -0.315. The van der Waals surface area contributed by atoms with Crippen molar-refractivity contribution in [1.82, 2.24) is 39.5 Å². The predicted octanol–water partition coefficient (Wildman–Crippen LogP) is 3.79. The number of rotatable bonds is 8. The molecule has 0 spiro atoms. The van der Waals surface area contributed by atoms with Crippen molar-refractivity contribution >= 4 is 28.8 Å². The highest BCUT2D eigenvalue weighted by Crippen LogP contribution is 2.34. The van der Waals surface area contributed by atoms with E-state index in [1.165, 1.54) is 25.4 Å². The van der Waals surface area contributed by atoms with Gasteiger partial charge in [0, 0.05) is 25.5 Å². The Balaban J connectivity index is 1.50. The first-order valence-corrected chi connectivity index (χ1v) is 14.7. The summed E-state index contributed by atoms with van der Waals surface area (Å²) in [5, 5.41) is 16.3. The van der Waals surface area contributed by atoms with Gasteiger partial charge in [-0.05, 0) is 53.2 Å². The first-order chi connectivity index (χ1) is 22.1. The van der Waals surface area contributed by atoms with Gasteiger partial charge in [-0.1, -0.05) is 11.1 Å². The number of hydrogen-bond donors (Lipinski definition) is 3. The van der Waals surface area contributed by atoms with Crippen molar-refractivity contribution in [2.45, 2.75) is 71.0 Å². The minimum absolute atomic E-state index is 0.0282. The zero-order valence-electron chi connectivity index (χ0n) is 26.4. The summed E-state index contributed by atoms with van der Waals surface area (Å²) in [6, 6.07) is 0.793. The normalized spacial score (nSPS) is 17.3. The topological polar surface area (TPSA) is 148 Å². The molecule has 5 rings (SSSR count). The number of fused-ring (bicyclic) bond motifs is 1. The van der Waals surface area contributed by atoms with E-state index in [1.807, 2.05) is 25.7 Å². The third-order valence-electron chi connectivity index (χ3n) is 7.38. The van der Waals surface area contributed by atoms with Crippen LogP contribution in [0, 0.1) is 11.8 Å². The maximum Gasteiger partial charge on any atom is 0.394 e. The van der Waals surface area contributed by atoms with Crippen LogP contribution in [0.5, 0.6) is 0 Å². The van der Waals surface area contributed by atoms with Crippen LogP contribution in [0.2, 0.25) is 0 Å². The van der Waals surface area contributed by atoms with Gasteiger partial charge in [-0.15, -0.1) is 0 Å². The molecule has 0 saturated carbocycles. The van der Waals surface area contributed by atoms with Crippen molar-refractivity contribution in [1.29, 1.82) is 0 Å². The molecule has 4 aromatic heterocycles. The van der Waals surface area contributed by atoms with Crippen LogP contribution < -0.4 is 16.0 Å². The lowest BCUT2D eigenvalue weighted by Crippen LogP contribution is -2.46. The molecule has 13 nitrogen and oxygen atoms in total. The average molecular weight is 659 g/mol. The van der Waals surface area contributed by atoms with Gasteiger partial charge in [-0.2, -0.15) is 23.3 Å². The number of hydrogen-bond acceptors (Lipinski definition) is 9. The minimum Gasteiger partial charge on any atom is -0.376 e. The van der Waals surface area contributed by atoms with E-state index in [2.05, 4.69) is 48.0 Å². The van der Waals surface area contributed by atoms with Crippen molar-refractivity contribution in [2.75, 3.05) is 30.8 Å². The number of alkyl halides is 4. The lowest BCUT2D eigenvalue weighted by Gasteiger charge is -2.33. The summed E-state index contributed by atoms with van der Waals surface area (Å²) in [4.78, 5) is 35.5. The molecule has 0 bridgehead atoms. The standard InChI is InChI=1S/C30H34F4N10O3/c1-6-7-23(45)37-18-10-21(38-20-8-9-42(5)16-19(20)31)27-40-25(22(43(27)15-18)11-30(32,33)34)26-39-24(47-41-26)13-35-28(46)17-12-36-44(14-17)29(2,3)4/h10,12,14-15,19-20,38H,8-9,11,13,16H2,1-5H3,(H,35,46)(H,37,45)/t19-,20+/m0/s1. The van der Waals surface area contributed by atoms with Gasteiger partial charge in [0.25, 0.3) is 11.8 Å². The summed E-state index contributed by atoms with van der Waals surface area (Å²) in [7, 11) is 1.79. The number of pyridine rings is 1. The van der Waals surface area contributed by atoms with Crippen LogP contribution in [0.3, 0.4) is 0 Å². The van der Waals surface area contributed by atoms with Crippen molar-refractivity contribution in [3.8, 4) is 23.4 Å². The Labute approximate surface area is 267 Å². The molecule has 2 atom stereocenters. The van der Waals surface area contributed by atoms with E-state index in [-0.39, 0.29) is 58.8 Å². The number of imidazole rings is 1. The molecule has 0 radical (unpaired) electrons. The van der Waals surface area contributed by atoms with Crippen LogP contribution in [0.4, 0.5) is 28.9 Å². The zero-order chi connectivity index (χ0) is 34.1. The third kappa shape index (κ3) is 7.88. The molecule has 1 aliphatic heterocycles. The van der Waals surface area contributed by atoms with Crippen molar-refractivity contribution in [2.24, 2.45) is 0 Å². The number of likely N-dealkylation sites (tertiary alicyclic amines) is 1. The highest BCUT2D eigenvalue weighted by Gasteiger charge is 2.34. The Morgan fingerprint density at radius 1 is 1.17 bits per heavy atom. The van der Waals surface area contributed by atoms with Crippen molar-refractivity contribution in [3.63, 3.8) is 0 Å². The van der Waals surface area contributed by atoms with E-state index in [1.54, 1.807) is 17.9 Å². The van der Waals surface area contributed by atoms with Crippen molar-refractivity contribution in [3.05, 3.63) is 41.8 Å². The lowest BCUT2D eigenvalue weighted by molar-refractivity contribution is -0.127. The van der Waals surface area contributed by atoms with Gasteiger partial charge in [0.2, 0.25) is 11.7 Å². The summed E-state index contributed by atoms with van der Waals surface area (Å²) in [5.74, 6) is 3.29. The first kappa shape index (κ1) is 33.4. The number of carbonyl (C=O) groups excluding carboxylic acids is 2. The molecule has 5 heterocycles. The van der Waals surface area contributed by atoms with Gasteiger partial charge in [-0.3, -0.25) is 18.7 Å². The lowest BCUT2D eigenvalue weighted by atomic mass is 10.0. The maximum absolute atomic E-state index is 15.0. The van der Waals surface area contributed by atoms with Crippen LogP contribution in [-0.2, 0) is 23.3 Å². The van der Waals surface area contributed by atoms with Gasteiger partial charge in [0.15, 0.2) is 5.65 Å². The van der Waals surface area contributed by atoms with Gasteiger partial charge < -0.3 is 25.4 Å². The number of piperidine rings is 1. The summed E-state index contributed by atoms with van der Waals surface area (Å²) in [6.45, 7) is 7.79. The largest absolute Gasteiger partial charge is 0.394 e. The SMILES string of the molecule is CC#CC(=O)Nc1cc(N[C@@H]2CCN(C)C[C@@H]2F)c2nc(-c3noc(CNC(=O)c4cnn(C(C)(C)C)c4)n3)c(CC(F)(F)F)n2c1. The summed E-state index contributed by atoms with van der Waals surface area (Å²) in [6.07, 6.45) is -2.71. The maximum atomic E-state index is 15.0. The second-order valence-electron chi connectivity index (χ2n) is 12.2. The Morgan fingerprint density at radius 2 is 1.94 bits per heavy atom. The number of halogens is 4. The third-order valence-corrected chi connectivity index (χ3v) is 7.38. The van der Waals surface area contributed by atoms with Crippen LogP contribution in [0.1, 0.15) is 56.1 Å². The number of nitrogens with zero attached hydrogens (tertiary/aromatic N) is 7. The summed E-state index contributed by atoms with van der Waals surface area (Å²) >= 11 is 0. The fraction of sp³-hybridized carbons (Fsp3) is 0.467. The summed E-state index contributed by atoms with van der Waals surface area (Å²) < 4.78 is 64.9. The van der Waals surface area contributed by atoms with E-state index in [0.717, 1.165) is 4.40 Å². The molecular weight excluding hydrogens is 624 g/mol. The molecule has 17 heteroatoms. The fourth-order valence-electron chi connectivity index (χ4n) is 5.09. The molecule has 4 aromatic rings. The number of amides is 2. The molecule has 3 N–H and O–H groups in total. The Kier molecular flexibility index (Phi) is 9.25.